The maximum absolute atomic E-state index is 4.13. The molecule has 1 aromatic carbocycles. The van der Waals surface area contributed by atoms with Crippen molar-refractivity contribution in [1.82, 2.24) is 9.97 Å². The highest BCUT2D eigenvalue weighted by molar-refractivity contribution is 5.67. The molecule has 1 N–H and O–H groups in total. The third kappa shape index (κ3) is 1.68. The topological polar surface area (TPSA) is 28.7 Å². The van der Waals surface area contributed by atoms with Gasteiger partial charge >= 0.3 is 0 Å². The standard InChI is InChI=1S/C15H18N2/c1-10(2)11-6-7-14(15-8-16-9-17-15)13-5-3-4-12(11)13/h6-10H,3-5H2,1-2H3,(H,16,17). The van der Waals surface area contributed by atoms with Gasteiger partial charge < -0.3 is 4.98 Å². The zero-order valence-electron chi connectivity index (χ0n) is 10.5. The van der Waals surface area contributed by atoms with E-state index in [1.165, 1.54) is 30.4 Å². The van der Waals surface area contributed by atoms with Crippen LogP contribution in [0.2, 0.25) is 0 Å². The largest absolute Gasteiger partial charge is 0.345 e. The minimum atomic E-state index is 0.623. The first-order valence-corrected chi connectivity index (χ1v) is 6.40. The fourth-order valence-electron chi connectivity index (χ4n) is 2.93. The summed E-state index contributed by atoms with van der Waals surface area (Å²) < 4.78 is 0. The predicted molar refractivity (Wildman–Crippen MR) is 70.1 cm³/mol. The number of nitrogens with one attached hydrogen (secondary N) is 1. The lowest BCUT2D eigenvalue weighted by molar-refractivity contribution is 0.838. The Bertz CT molecular complexity index is 524. The summed E-state index contributed by atoms with van der Waals surface area (Å²) in [5, 5.41) is 0. The van der Waals surface area contributed by atoms with Gasteiger partial charge in [0.05, 0.1) is 18.2 Å². The molecule has 0 fully saturated rings. The summed E-state index contributed by atoms with van der Waals surface area (Å²) in [5.41, 5.74) is 7.16. The van der Waals surface area contributed by atoms with E-state index in [0.29, 0.717) is 5.92 Å². The number of nitrogens with zero attached hydrogens (tertiary/aromatic N) is 1. The van der Waals surface area contributed by atoms with Crippen molar-refractivity contribution in [3.8, 4) is 11.3 Å². The molecule has 0 saturated carbocycles. The van der Waals surface area contributed by atoms with Crippen LogP contribution in [0, 0.1) is 0 Å². The molecule has 0 amide bonds. The van der Waals surface area contributed by atoms with E-state index in [-0.39, 0.29) is 0 Å². The zero-order valence-corrected chi connectivity index (χ0v) is 10.5. The highest BCUT2D eigenvalue weighted by atomic mass is 14.9. The van der Waals surface area contributed by atoms with Gasteiger partial charge in [0.25, 0.3) is 0 Å². The molecule has 0 unspecified atom stereocenters. The van der Waals surface area contributed by atoms with Gasteiger partial charge in [-0.05, 0) is 41.9 Å². The van der Waals surface area contributed by atoms with Crippen LogP contribution in [0.5, 0.6) is 0 Å². The second kappa shape index (κ2) is 4.02. The quantitative estimate of drug-likeness (QED) is 0.831. The Morgan fingerprint density at radius 1 is 1.18 bits per heavy atom. The van der Waals surface area contributed by atoms with Crippen LogP contribution in [-0.4, -0.2) is 9.97 Å². The lowest BCUT2D eigenvalue weighted by Gasteiger charge is -2.14. The van der Waals surface area contributed by atoms with Crippen LogP contribution in [0.4, 0.5) is 0 Å². The van der Waals surface area contributed by atoms with Crippen molar-refractivity contribution < 1.29 is 0 Å². The number of hydrogen-bond acceptors (Lipinski definition) is 1. The highest BCUT2D eigenvalue weighted by Crippen LogP contribution is 2.36. The highest BCUT2D eigenvalue weighted by Gasteiger charge is 2.20. The van der Waals surface area contributed by atoms with Gasteiger partial charge in [-0.15, -0.1) is 0 Å². The van der Waals surface area contributed by atoms with Crippen molar-refractivity contribution in [1.29, 1.82) is 0 Å². The smallest absolute Gasteiger partial charge is 0.0924 e. The number of benzene rings is 1. The van der Waals surface area contributed by atoms with Crippen LogP contribution in [0.15, 0.2) is 24.7 Å². The molecule has 17 heavy (non-hydrogen) atoms. The summed E-state index contributed by atoms with van der Waals surface area (Å²) in [4.78, 5) is 7.35. The first-order valence-electron chi connectivity index (χ1n) is 6.40. The molecule has 2 nitrogen and oxygen atoms in total. The molecule has 88 valence electrons. The van der Waals surface area contributed by atoms with E-state index in [2.05, 4.69) is 35.9 Å². The van der Waals surface area contributed by atoms with Gasteiger partial charge in [-0.2, -0.15) is 0 Å². The van der Waals surface area contributed by atoms with Crippen molar-refractivity contribution >= 4 is 0 Å². The molecule has 0 spiro atoms. The van der Waals surface area contributed by atoms with E-state index >= 15 is 0 Å². The maximum atomic E-state index is 4.13. The number of imidazole rings is 1. The molecular weight excluding hydrogens is 208 g/mol. The number of hydrogen-bond donors (Lipinski definition) is 1. The van der Waals surface area contributed by atoms with E-state index in [1.807, 2.05) is 6.20 Å². The Kier molecular flexibility index (Phi) is 2.50. The Balaban J connectivity index is 2.17. The summed E-state index contributed by atoms with van der Waals surface area (Å²) in [5.74, 6) is 0.623. The third-order valence-electron chi connectivity index (χ3n) is 3.73. The van der Waals surface area contributed by atoms with E-state index in [4.69, 9.17) is 0 Å². The summed E-state index contributed by atoms with van der Waals surface area (Å²) in [7, 11) is 0. The molecule has 0 bridgehead atoms. The number of aromatic nitrogens is 2. The molecule has 2 aromatic rings. The normalized spacial score (nSPS) is 14.3. The lowest BCUT2D eigenvalue weighted by atomic mass is 9.91. The summed E-state index contributed by atoms with van der Waals surface area (Å²) in [6.45, 7) is 4.56. The Labute approximate surface area is 102 Å². The van der Waals surface area contributed by atoms with Crippen LogP contribution in [-0.2, 0) is 12.8 Å². The fourth-order valence-corrected chi connectivity index (χ4v) is 2.93. The maximum Gasteiger partial charge on any atom is 0.0924 e. The monoisotopic (exact) mass is 226 g/mol. The van der Waals surface area contributed by atoms with Crippen molar-refractivity contribution in [2.24, 2.45) is 0 Å². The second-order valence-corrected chi connectivity index (χ2v) is 5.13. The number of fused-ring (bicyclic) bond motifs is 1. The van der Waals surface area contributed by atoms with Gasteiger partial charge in [-0.3, -0.25) is 0 Å². The molecule has 1 aromatic heterocycles. The number of aromatic amines is 1. The molecule has 1 heterocycles. The Hall–Kier alpha value is -1.57. The van der Waals surface area contributed by atoms with Crippen LogP contribution in [0.3, 0.4) is 0 Å². The van der Waals surface area contributed by atoms with Gasteiger partial charge in [0.2, 0.25) is 0 Å². The molecule has 0 atom stereocenters. The first-order chi connectivity index (χ1) is 8.27. The minimum Gasteiger partial charge on any atom is -0.345 e. The van der Waals surface area contributed by atoms with Gasteiger partial charge in [-0.1, -0.05) is 26.0 Å². The predicted octanol–water partition coefficient (Wildman–Crippen LogP) is 3.69. The summed E-state index contributed by atoms with van der Waals surface area (Å²) in [6, 6.07) is 4.55. The second-order valence-electron chi connectivity index (χ2n) is 5.13. The van der Waals surface area contributed by atoms with Crippen LogP contribution < -0.4 is 0 Å². The number of rotatable bonds is 2. The molecular formula is C15H18N2. The van der Waals surface area contributed by atoms with Crippen LogP contribution >= 0.6 is 0 Å². The Morgan fingerprint density at radius 2 is 2.00 bits per heavy atom. The van der Waals surface area contributed by atoms with Gasteiger partial charge in [0.1, 0.15) is 0 Å². The van der Waals surface area contributed by atoms with E-state index in [0.717, 1.165) is 5.69 Å². The van der Waals surface area contributed by atoms with E-state index in [1.54, 1.807) is 17.5 Å². The lowest BCUT2D eigenvalue weighted by Crippen LogP contribution is -1.97. The fraction of sp³-hybridized carbons (Fsp3) is 0.400. The van der Waals surface area contributed by atoms with Crippen LogP contribution in [0.1, 0.15) is 42.9 Å². The molecule has 1 aliphatic rings. The molecule has 0 saturated heterocycles. The van der Waals surface area contributed by atoms with Gasteiger partial charge in [-0.25, -0.2) is 4.98 Å². The number of H-pyrrole nitrogens is 1. The molecule has 0 radical (unpaired) electrons. The first kappa shape index (κ1) is 10.6. The molecule has 3 rings (SSSR count). The van der Waals surface area contributed by atoms with Gasteiger partial charge in [0, 0.05) is 5.56 Å². The average Bonchev–Trinajstić information content (AvgIpc) is 2.98. The van der Waals surface area contributed by atoms with Crippen molar-refractivity contribution in [3.05, 3.63) is 41.3 Å². The summed E-state index contributed by atoms with van der Waals surface area (Å²) in [6.07, 6.45) is 7.42. The molecule has 1 aliphatic carbocycles. The third-order valence-corrected chi connectivity index (χ3v) is 3.73. The SMILES string of the molecule is CC(C)c1ccc(-c2cnc[nH]2)c2c1CCC2. The molecule has 2 heteroatoms. The Morgan fingerprint density at radius 3 is 2.71 bits per heavy atom. The minimum absolute atomic E-state index is 0.623. The van der Waals surface area contributed by atoms with Crippen molar-refractivity contribution in [2.45, 2.75) is 39.0 Å². The van der Waals surface area contributed by atoms with Gasteiger partial charge in [0.15, 0.2) is 0 Å². The zero-order chi connectivity index (χ0) is 11.8. The van der Waals surface area contributed by atoms with E-state index in [9.17, 15) is 0 Å². The summed E-state index contributed by atoms with van der Waals surface area (Å²) >= 11 is 0. The van der Waals surface area contributed by atoms with Crippen molar-refractivity contribution in [3.63, 3.8) is 0 Å². The van der Waals surface area contributed by atoms with Crippen molar-refractivity contribution in [2.75, 3.05) is 0 Å². The average molecular weight is 226 g/mol. The van der Waals surface area contributed by atoms with E-state index < -0.39 is 0 Å². The van der Waals surface area contributed by atoms with Crippen LogP contribution in [0.25, 0.3) is 11.3 Å². The molecule has 0 aliphatic heterocycles.